The largest absolute Gasteiger partial charge is 0.319 e. The Labute approximate surface area is 150 Å². The summed E-state index contributed by atoms with van der Waals surface area (Å²) in [6.07, 6.45) is 1.32. The highest BCUT2D eigenvalue weighted by molar-refractivity contribution is 7.16. The monoisotopic (exact) mass is 358 g/mol. The van der Waals surface area contributed by atoms with Gasteiger partial charge in [0, 0.05) is 12.1 Å². The molecule has 0 aliphatic heterocycles. The maximum atomic E-state index is 12.3. The lowest BCUT2D eigenvalue weighted by molar-refractivity contribution is -0.117. The molecule has 1 aromatic heterocycles. The molecule has 3 nitrogen and oxygen atoms in total. The summed E-state index contributed by atoms with van der Waals surface area (Å²) in [5.41, 5.74) is 4.30. The normalized spacial score (nSPS) is 12.1. The fourth-order valence-electron chi connectivity index (χ4n) is 2.72. The Balaban J connectivity index is 1.92. The Morgan fingerprint density at radius 1 is 1.17 bits per heavy atom. The van der Waals surface area contributed by atoms with Gasteiger partial charge in [-0.1, -0.05) is 54.1 Å². The first kappa shape index (κ1) is 16.9. The van der Waals surface area contributed by atoms with Crippen molar-refractivity contribution in [1.82, 2.24) is 4.57 Å². The van der Waals surface area contributed by atoms with E-state index < -0.39 is 0 Å². The zero-order valence-corrected chi connectivity index (χ0v) is 15.5. The van der Waals surface area contributed by atoms with E-state index in [-0.39, 0.29) is 5.91 Å². The summed E-state index contributed by atoms with van der Waals surface area (Å²) in [4.78, 5) is 17.3. The first-order valence-electron chi connectivity index (χ1n) is 7.89. The van der Waals surface area contributed by atoms with Crippen LogP contribution in [0.5, 0.6) is 0 Å². The number of rotatable bonds is 3. The molecular formula is C19H19ClN2OS. The third kappa shape index (κ3) is 3.30. The van der Waals surface area contributed by atoms with Crippen LogP contribution in [0.15, 0.2) is 41.4 Å². The van der Waals surface area contributed by atoms with Crippen LogP contribution >= 0.6 is 22.9 Å². The smallest absolute Gasteiger partial charge is 0.252 e. The third-order valence-electron chi connectivity index (χ3n) is 4.16. The van der Waals surface area contributed by atoms with Gasteiger partial charge in [-0.05, 0) is 42.2 Å². The highest BCUT2D eigenvalue weighted by Crippen LogP contribution is 2.26. The summed E-state index contributed by atoms with van der Waals surface area (Å²) in [5, 5.41) is 0.727. The standard InChI is InChI=1S/C19H19ClN2OS/c1-4-13-5-7-14(8-6-13)11-17(23)21-19-22(3)18-12(2)15(20)9-10-16(18)24-19/h5-10H,4,11H2,1-3H3. The maximum absolute atomic E-state index is 12.3. The lowest BCUT2D eigenvalue weighted by atomic mass is 10.1. The van der Waals surface area contributed by atoms with Gasteiger partial charge >= 0.3 is 0 Å². The molecule has 0 fully saturated rings. The summed E-state index contributed by atoms with van der Waals surface area (Å²) in [6.45, 7) is 4.10. The van der Waals surface area contributed by atoms with Gasteiger partial charge in [0.25, 0.3) is 5.91 Å². The van der Waals surface area contributed by atoms with Crippen LogP contribution in [-0.2, 0) is 24.7 Å². The number of carbonyl (C=O) groups excluding carboxylic acids is 1. The minimum absolute atomic E-state index is 0.134. The number of hydrogen-bond acceptors (Lipinski definition) is 2. The van der Waals surface area contributed by atoms with Gasteiger partial charge in [-0.15, -0.1) is 0 Å². The van der Waals surface area contributed by atoms with Crippen LogP contribution in [0.4, 0.5) is 0 Å². The molecule has 0 unspecified atom stereocenters. The van der Waals surface area contributed by atoms with Crippen LogP contribution in [0.3, 0.4) is 0 Å². The number of carbonyl (C=O) groups is 1. The van der Waals surface area contributed by atoms with Crippen LogP contribution in [0.25, 0.3) is 10.2 Å². The molecule has 3 aromatic rings. The van der Waals surface area contributed by atoms with Crippen molar-refractivity contribution < 1.29 is 4.79 Å². The topological polar surface area (TPSA) is 34.4 Å². The molecule has 0 saturated carbocycles. The molecule has 0 bridgehead atoms. The number of amides is 1. The van der Waals surface area contributed by atoms with Gasteiger partial charge in [0.05, 0.1) is 16.6 Å². The summed E-state index contributed by atoms with van der Waals surface area (Å²) in [5.74, 6) is -0.134. The van der Waals surface area contributed by atoms with Crippen molar-refractivity contribution in [2.45, 2.75) is 26.7 Å². The fraction of sp³-hybridized carbons (Fsp3) is 0.263. The molecule has 0 aliphatic carbocycles. The molecule has 24 heavy (non-hydrogen) atoms. The molecule has 2 aromatic carbocycles. The summed E-state index contributed by atoms with van der Waals surface area (Å²) >= 11 is 7.71. The quantitative estimate of drug-likeness (QED) is 0.681. The van der Waals surface area contributed by atoms with Gasteiger partial charge in [-0.2, -0.15) is 4.99 Å². The third-order valence-corrected chi connectivity index (χ3v) is 5.66. The molecule has 0 spiro atoms. The first-order valence-corrected chi connectivity index (χ1v) is 9.09. The average Bonchev–Trinajstić information content (AvgIpc) is 2.88. The zero-order valence-electron chi connectivity index (χ0n) is 14.0. The Bertz CT molecular complexity index is 967. The van der Waals surface area contributed by atoms with Crippen LogP contribution in [0, 0.1) is 6.92 Å². The van der Waals surface area contributed by atoms with Crippen molar-refractivity contribution in [1.29, 1.82) is 0 Å². The van der Waals surface area contributed by atoms with E-state index in [1.165, 1.54) is 16.9 Å². The maximum Gasteiger partial charge on any atom is 0.252 e. The van der Waals surface area contributed by atoms with Crippen LogP contribution in [0.1, 0.15) is 23.6 Å². The van der Waals surface area contributed by atoms with E-state index in [1.807, 2.05) is 42.8 Å². The number of benzene rings is 2. The number of halogens is 1. The highest BCUT2D eigenvalue weighted by atomic mass is 35.5. The summed E-state index contributed by atoms with van der Waals surface area (Å²) in [6, 6.07) is 12.0. The van der Waals surface area contributed by atoms with Crippen molar-refractivity contribution in [3.63, 3.8) is 0 Å². The van der Waals surface area contributed by atoms with Gasteiger partial charge in [0.1, 0.15) is 0 Å². The Morgan fingerprint density at radius 3 is 2.50 bits per heavy atom. The lowest BCUT2D eigenvalue weighted by Gasteiger charge is -2.02. The zero-order chi connectivity index (χ0) is 17.3. The number of aromatic nitrogens is 1. The predicted octanol–water partition coefficient (Wildman–Crippen LogP) is 4.43. The molecule has 1 amide bonds. The van der Waals surface area contributed by atoms with Crippen molar-refractivity contribution in [3.8, 4) is 0 Å². The van der Waals surface area contributed by atoms with E-state index in [0.717, 1.165) is 32.8 Å². The van der Waals surface area contributed by atoms with E-state index in [1.54, 1.807) is 0 Å². The van der Waals surface area contributed by atoms with Gasteiger partial charge in [-0.3, -0.25) is 4.79 Å². The van der Waals surface area contributed by atoms with Gasteiger partial charge in [-0.25, -0.2) is 0 Å². The van der Waals surface area contributed by atoms with Crippen molar-refractivity contribution in [2.24, 2.45) is 12.0 Å². The Morgan fingerprint density at radius 2 is 1.83 bits per heavy atom. The lowest BCUT2D eigenvalue weighted by Crippen LogP contribution is -2.14. The van der Waals surface area contributed by atoms with Gasteiger partial charge < -0.3 is 4.57 Å². The second-order valence-electron chi connectivity index (χ2n) is 5.82. The van der Waals surface area contributed by atoms with E-state index in [9.17, 15) is 4.79 Å². The van der Waals surface area contributed by atoms with E-state index in [2.05, 4.69) is 24.0 Å². The number of thiazole rings is 1. The van der Waals surface area contributed by atoms with Gasteiger partial charge in [0.2, 0.25) is 0 Å². The molecule has 0 aliphatic rings. The van der Waals surface area contributed by atoms with Crippen LogP contribution in [0.2, 0.25) is 5.02 Å². The molecule has 5 heteroatoms. The minimum Gasteiger partial charge on any atom is -0.319 e. The average molecular weight is 359 g/mol. The summed E-state index contributed by atoms with van der Waals surface area (Å²) in [7, 11) is 1.92. The minimum atomic E-state index is -0.134. The molecule has 1 heterocycles. The molecule has 0 N–H and O–H groups in total. The predicted molar refractivity (Wildman–Crippen MR) is 101 cm³/mol. The molecule has 124 valence electrons. The number of aryl methyl sites for hydroxylation is 3. The number of fused-ring (bicyclic) bond motifs is 1. The molecule has 0 radical (unpaired) electrons. The SMILES string of the molecule is CCc1ccc(CC(=O)N=c2sc3ccc(Cl)c(C)c3n2C)cc1. The van der Waals surface area contributed by atoms with Crippen LogP contribution in [-0.4, -0.2) is 10.5 Å². The van der Waals surface area contributed by atoms with E-state index in [4.69, 9.17) is 11.6 Å². The number of hydrogen-bond donors (Lipinski definition) is 0. The second-order valence-corrected chi connectivity index (χ2v) is 7.23. The van der Waals surface area contributed by atoms with E-state index >= 15 is 0 Å². The molecule has 0 atom stereocenters. The first-order chi connectivity index (χ1) is 11.5. The van der Waals surface area contributed by atoms with Crippen molar-refractivity contribution in [2.75, 3.05) is 0 Å². The van der Waals surface area contributed by atoms with Crippen LogP contribution < -0.4 is 4.80 Å². The van der Waals surface area contributed by atoms with E-state index in [0.29, 0.717) is 11.2 Å². The Hall–Kier alpha value is -1.91. The Kier molecular flexibility index (Phi) is 4.88. The molecular weight excluding hydrogens is 340 g/mol. The highest BCUT2D eigenvalue weighted by Gasteiger charge is 2.10. The van der Waals surface area contributed by atoms with Crippen molar-refractivity contribution in [3.05, 3.63) is 62.9 Å². The summed E-state index contributed by atoms with van der Waals surface area (Å²) < 4.78 is 3.03. The fourth-order valence-corrected chi connectivity index (χ4v) is 3.97. The molecule has 3 rings (SSSR count). The molecule has 0 saturated heterocycles. The number of nitrogens with zero attached hydrogens (tertiary/aromatic N) is 2. The van der Waals surface area contributed by atoms with Crippen molar-refractivity contribution >= 4 is 39.1 Å². The second kappa shape index (κ2) is 6.91. The van der Waals surface area contributed by atoms with Gasteiger partial charge in [0.15, 0.2) is 4.80 Å².